The van der Waals surface area contributed by atoms with Crippen molar-refractivity contribution in [3.63, 3.8) is 0 Å². The standard InChI is InChI=1S/C12H23N3S/c1-6-7-12(2,3)14-9-10-8-13-11(16-10)15(4)5/h8,14H,6-7,9H2,1-5H3. The third-order valence-electron chi connectivity index (χ3n) is 2.54. The van der Waals surface area contributed by atoms with Crippen molar-refractivity contribution in [1.82, 2.24) is 10.3 Å². The summed E-state index contributed by atoms with van der Waals surface area (Å²) < 4.78 is 0. The zero-order chi connectivity index (χ0) is 12.2. The van der Waals surface area contributed by atoms with Gasteiger partial charge in [0.1, 0.15) is 0 Å². The van der Waals surface area contributed by atoms with Crippen molar-refractivity contribution in [2.45, 2.75) is 45.7 Å². The highest BCUT2D eigenvalue weighted by atomic mass is 32.1. The maximum atomic E-state index is 4.37. The van der Waals surface area contributed by atoms with Crippen LogP contribution >= 0.6 is 11.3 Å². The second kappa shape index (κ2) is 5.64. The first-order valence-corrected chi connectivity index (χ1v) is 6.63. The van der Waals surface area contributed by atoms with Crippen LogP contribution in [0.15, 0.2) is 6.20 Å². The van der Waals surface area contributed by atoms with Crippen molar-refractivity contribution in [2.75, 3.05) is 19.0 Å². The Bertz CT molecular complexity index is 318. The van der Waals surface area contributed by atoms with E-state index in [2.05, 4.69) is 31.1 Å². The molecule has 0 aliphatic heterocycles. The maximum absolute atomic E-state index is 4.37. The van der Waals surface area contributed by atoms with E-state index in [0.29, 0.717) is 0 Å². The van der Waals surface area contributed by atoms with Crippen LogP contribution in [0.3, 0.4) is 0 Å². The van der Waals surface area contributed by atoms with Gasteiger partial charge in [-0.05, 0) is 20.3 Å². The summed E-state index contributed by atoms with van der Waals surface area (Å²) in [7, 11) is 4.05. The van der Waals surface area contributed by atoms with Gasteiger partial charge >= 0.3 is 0 Å². The van der Waals surface area contributed by atoms with Crippen LogP contribution in [0, 0.1) is 0 Å². The molecule has 0 aliphatic rings. The van der Waals surface area contributed by atoms with Gasteiger partial charge < -0.3 is 10.2 Å². The lowest BCUT2D eigenvalue weighted by Crippen LogP contribution is -2.38. The summed E-state index contributed by atoms with van der Waals surface area (Å²) in [5, 5.41) is 4.65. The minimum absolute atomic E-state index is 0.219. The van der Waals surface area contributed by atoms with E-state index < -0.39 is 0 Å². The van der Waals surface area contributed by atoms with Crippen LogP contribution in [0.4, 0.5) is 5.13 Å². The minimum Gasteiger partial charge on any atom is -0.354 e. The van der Waals surface area contributed by atoms with Crippen LogP contribution < -0.4 is 10.2 Å². The third-order valence-corrected chi connectivity index (χ3v) is 3.71. The van der Waals surface area contributed by atoms with E-state index >= 15 is 0 Å². The first-order valence-electron chi connectivity index (χ1n) is 5.81. The number of nitrogens with one attached hydrogen (secondary N) is 1. The highest BCUT2D eigenvalue weighted by molar-refractivity contribution is 7.15. The number of nitrogens with zero attached hydrogens (tertiary/aromatic N) is 2. The summed E-state index contributed by atoms with van der Waals surface area (Å²) >= 11 is 1.75. The van der Waals surface area contributed by atoms with Gasteiger partial charge in [-0.1, -0.05) is 13.3 Å². The summed E-state index contributed by atoms with van der Waals surface area (Å²) in [4.78, 5) is 7.71. The lowest BCUT2D eigenvalue weighted by atomic mass is 9.99. The molecule has 0 saturated heterocycles. The molecule has 1 aromatic rings. The lowest BCUT2D eigenvalue weighted by molar-refractivity contribution is 0.358. The van der Waals surface area contributed by atoms with Crippen LogP contribution in [0.25, 0.3) is 0 Å². The topological polar surface area (TPSA) is 28.2 Å². The van der Waals surface area contributed by atoms with Crippen LogP contribution in [-0.2, 0) is 6.54 Å². The largest absolute Gasteiger partial charge is 0.354 e. The maximum Gasteiger partial charge on any atom is 0.185 e. The quantitative estimate of drug-likeness (QED) is 0.830. The zero-order valence-corrected chi connectivity index (χ0v) is 11.8. The van der Waals surface area contributed by atoms with Gasteiger partial charge in [0.25, 0.3) is 0 Å². The average Bonchev–Trinajstić information content (AvgIpc) is 2.63. The van der Waals surface area contributed by atoms with Gasteiger partial charge in [-0.3, -0.25) is 0 Å². The van der Waals surface area contributed by atoms with E-state index in [1.54, 1.807) is 11.3 Å². The zero-order valence-electron chi connectivity index (χ0n) is 11.0. The molecular weight excluding hydrogens is 218 g/mol. The van der Waals surface area contributed by atoms with Crippen LogP contribution in [0.2, 0.25) is 0 Å². The number of rotatable bonds is 6. The summed E-state index contributed by atoms with van der Waals surface area (Å²) in [6, 6.07) is 0. The van der Waals surface area contributed by atoms with Crippen molar-refractivity contribution < 1.29 is 0 Å². The average molecular weight is 241 g/mol. The molecule has 0 fully saturated rings. The number of hydrogen-bond acceptors (Lipinski definition) is 4. The van der Waals surface area contributed by atoms with Crippen molar-refractivity contribution in [3.8, 4) is 0 Å². The molecule has 1 aromatic heterocycles. The predicted octanol–water partition coefficient (Wildman–Crippen LogP) is 2.88. The third kappa shape index (κ3) is 4.10. The highest BCUT2D eigenvalue weighted by Crippen LogP contribution is 2.21. The molecule has 1 rings (SSSR count). The van der Waals surface area contributed by atoms with Gasteiger partial charge in [0, 0.05) is 37.3 Å². The summed E-state index contributed by atoms with van der Waals surface area (Å²) in [6.07, 6.45) is 4.38. The smallest absolute Gasteiger partial charge is 0.185 e. The molecule has 16 heavy (non-hydrogen) atoms. The molecule has 1 N–H and O–H groups in total. The molecule has 0 atom stereocenters. The molecule has 92 valence electrons. The number of thiazole rings is 1. The molecule has 4 heteroatoms. The van der Waals surface area contributed by atoms with Gasteiger partial charge in [-0.2, -0.15) is 0 Å². The fourth-order valence-corrected chi connectivity index (χ4v) is 2.40. The fraction of sp³-hybridized carbons (Fsp3) is 0.750. The normalized spacial score (nSPS) is 11.8. The summed E-state index contributed by atoms with van der Waals surface area (Å²) in [5.74, 6) is 0. The molecule has 0 saturated carbocycles. The van der Waals surface area contributed by atoms with E-state index in [4.69, 9.17) is 0 Å². The van der Waals surface area contributed by atoms with Crippen LogP contribution in [-0.4, -0.2) is 24.6 Å². The first-order chi connectivity index (χ1) is 7.44. The Balaban J connectivity index is 2.48. The van der Waals surface area contributed by atoms with Crippen molar-refractivity contribution in [3.05, 3.63) is 11.1 Å². The predicted molar refractivity (Wildman–Crippen MR) is 72.3 cm³/mol. The minimum atomic E-state index is 0.219. The number of aromatic nitrogens is 1. The molecule has 0 amide bonds. The second-order valence-electron chi connectivity index (χ2n) is 4.99. The van der Waals surface area contributed by atoms with E-state index in [1.165, 1.54) is 17.7 Å². The Hall–Kier alpha value is -0.610. The molecule has 0 radical (unpaired) electrons. The van der Waals surface area contributed by atoms with E-state index in [9.17, 15) is 0 Å². The molecule has 3 nitrogen and oxygen atoms in total. The van der Waals surface area contributed by atoms with Crippen molar-refractivity contribution >= 4 is 16.5 Å². The van der Waals surface area contributed by atoms with E-state index in [1.807, 2.05) is 25.2 Å². The summed E-state index contributed by atoms with van der Waals surface area (Å²) in [6.45, 7) is 7.65. The Morgan fingerprint density at radius 1 is 1.44 bits per heavy atom. The van der Waals surface area contributed by atoms with Gasteiger partial charge in [-0.25, -0.2) is 4.98 Å². The molecule has 1 heterocycles. The molecule has 0 bridgehead atoms. The lowest BCUT2D eigenvalue weighted by Gasteiger charge is -2.25. The van der Waals surface area contributed by atoms with Crippen molar-refractivity contribution in [2.24, 2.45) is 0 Å². The monoisotopic (exact) mass is 241 g/mol. The SMILES string of the molecule is CCCC(C)(C)NCc1cnc(N(C)C)s1. The number of anilines is 1. The second-order valence-corrected chi connectivity index (χ2v) is 6.08. The highest BCUT2D eigenvalue weighted by Gasteiger charge is 2.15. The van der Waals surface area contributed by atoms with Gasteiger partial charge in [0.15, 0.2) is 5.13 Å². The van der Waals surface area contributed by atoms with Gasteiger partial charge in [-0.15, -0.1) is 11.3 Å². The Morgan fingerprint density at radius 3 is 2.62 bits per heavy atom. The van der Waals surface area contributed by atoms with E-state index in [-0.39, 0.29) is 5.54 Å². The van der Waals surface area contributed by atoms with Crippen molar-refractivity contribution in [1.29, 1.82) is 0 Å². The van der Waals surface area contributed by atoms with Gasteiger partial charge in [0.05, 0.1) is 0 Å². The molecule has 0 spiro atoms. The van der Waals surface area contributed by atoms with Crippen LogP contribution in [0.1, 0.15) is 38.5 Å². The van der Waals surface area contributed by atoms with E-state index in [0.717, 1.165) is 11.7 Å². The Kier molecular flexibility index (Phi) is 4.74. The Labute approximate surface area is 103 Å². The molecule has 0 unspecified atom stereocenters. The van der Waals surface area contributed by atoms with Crippen LogP contribution in [0.5, 0.6) is 0 Å². The summed E-state index contributed by atoms with van der Waals surface area (Å²) in [5.41, 5.74) is 0.219. The molecule has 0 aromatic carbocycles. The Morgan fingerprint density at radius 2 is 2.12 bits per heavy atom. The number of hydrogen-bond donors (Lipinski definition) is 1. The molecular formula is C12H23N3S. The fourth-order valence-electron chi connectivity index (χ4n) is 1.63. The van der Waals surface area contributed by atoms with Gasteiger partial charge in [0.2, 0.25) is 0 Å². The first kappa shape index (κ1) is 13.5. The molecule has 0 aliphatic carbocycles.